The lowest BCUT2D eigenvalue weighted by atomic mass is 10.0. The van der Waals surface area contributed by atoms with Crippen LogP contribution in [0.3, 0.4) is 0 Å². The molecule has 0 aliphatic carbocycles. The number of nitrogens with zero attached hydrogens (tertiary/aromatic N) is 5. The standard InChI is InChI=1S/C27H28N6O3S/c1-16(19-11-35-12-19)36-23-7-17(18-9-31-33(10-18)13-27(2,3)34)6-22-25(23)26(29-14-28-22)32-20-4-5-21-24(8-20)37-15-30-21/h4-10,14-16,19,34H,11-13H2,1-3H3,(H,28,29,32)/t16-/m1/s1. The smallest absolute Gasteiger partial charge is 0.145 e. The topological polar surface area (TPSA) is 107 Å². The molecule has 0 bridgehead atoms. The van der Waals surface area contributed by atoms with Crippen LogP contribution in [-0.2, 0) is 11.3 Å². The lowest BCUT2D eigenvalue weighted by Crippen LogP contribution is -2.39. The van der Waals surface area contributed by atoms with Crippen LogP contribution in [0.4, 0.5) is 11.5 Å². The van der Waals surface area contributed by atoms with Gasteiger partial charge in [-0.1, -0.05) is 0 Å². The number of benzene rings is 2. The Hall–Kier alpha value is -3.60. The number of aromatic nitrogens is 5. The van der Waals surface area contributed by atoms with E-state index in [9.17, 15) is 5.11 Å². The van der Waals surface area contributed by atoms with Gasteiger partial charge in [0.2, 0.25) is 0 Å². The first-order valence-electron chi connectivity index (χ1n) is 12.2. The lowest BCUT2D eigenvalue weighted by Gasteiger charge is -2.32. The molecule has 3 aromatic heterocycles. The van der Waals surface area contributed by atoms with E-state index in [1.807, 2.05) is 36.0 Å². The van der Waals surface area contributed by atoms with E-state index in [1.54, 1.807) is 42.4 Å². The molecule has 2 N–H and O–H groups in total. The highest BCUT2D eigenvalue weighted by Gasteiger charge is 2.28. The average Bonchev–Trinajstić information content (AvgIpc) is 3.46. The Labute approximate surface area is 218 Å². The maximum absolute atomic E-state index is 10.2. The highest BCUT2D eigenvalue weighted by Crippen LogP contribution is 2.38. The number of aliphatic hydroxyl groups is 1. The number of nitrogens with one attached hydrogen (secondary N) is 1. The van der Waals surface area contributed by atoms with Gasteiger partial charge < -0.3 is 19.9 Å². The summed E-state index contributed by atoms with van der Waals surface area (Å²) in [4.78, 5) is 13.5. The predicted molar refractivity (Wildman–Crippen MR) is 144 cm³/mol. The molecule has 0 radical (unpaired) electrons. The molecule has 9 nitrogen and oxygen atoms in total. The van der Waals surface area contributed by atoms with Crippen molar-refractivity contribution in [3.8, 4) is 16.9 Å². The van der Waals surface area contributed by atoms with Crippen molar-refractivity contribution in [1.29, 1.82) is 0 Å². The van der Waals surface area contributed by atoms with Gasteiger partial charge in [0.05, 0.1) is 58.2 Å². The summed E-state index contributed by atoms with van der Waals surface area (Å²) in [7, 11) is 0. The number of fused-ring (bicyclic) bond motifs is 2. The van der Waals surface area contributed by atoms with Crippen LogP contribution in [0.25, 0.3) is 32.2 Å². The molecule has 1 aliphatic rings. The first-order chi connectivity index (χ1) is 17.8. The molecule has 10 heteroatoms. The Morgan fingerprint density at radius 2 is 2.03 bits per heavy atom. The van der Waals surface area contributed by atoms with Crippen molar-refractivity contribution >= 4 is 44.0 Å². The molecule has 37 heavy (non-hydrogen) atoms. The van der Waals surface area contributed by atoms with E-state index in [1.165, 1.54) is 0 Å². The minimum absolute atomic E-state index is 0.0355. The Morgan fingerprint density at radius 3 is 2.81 bits per heavy atom. The zero-order chi connectivity index (χ0) is 25.6. The van der Waals surface area contributed by atoms with Crippen molar-refractivity contribution in [3.63, 3.8) is 0 Å². The first-order valence-corrected chi connectivity index (χ1v) is 13.1. The van der Waals surface area contributed by atoms with Crippen molar-refractivity contribution in [3.05, 3.63) is 54.6 Å². The minimum Gasteiger partial charge on any atom is -0.489 e. The van der Waals surface area contributed by atoms with E-state index in [4.69, 9.17) is 9.47 Å². The van der Waals surface area contributed by atoms with Crippen LogP contribution in [0.15, 0.2) is 54.6 Å². The number of rotatable bonds is 8. The highest BCUT2D eigenvalue weighted by molar-refractivity contribution is 7.16. The summed E-state index contributed by atoms with van der Waals surface area (Å²) in [5, 5.41) is 18.9. The third kappa shape index (κ3) is 5.00. The van der Waals surface area contributed by atoms with E-state index in [0.29, 0.717) is 37.2 Å². The summed E-state index contributed by atoms with van der Waals surface area (Å²) < 4.78 is 14.8. The molecule has 1 aliphatic heterocycles. The molecule has 0 amide bonds. The Bertz CT molecular complexity index is 1570. The number of hydrogen-bond acceptors (Lipinski definition) is 9. The van der Waals surface area contributed by atoms with Crippen LogP contribution >= 0.6 is 11.3 Å². The molecule has 1 atom stereocenters. The van der Waals surface area contributed by atoms with Gasteiger partial charge in [-0.05, 0) is 56.7 Å². The van der Waals surface area contributed by atoms with Crippen molar-refractivity contribution in [2.24, 2.45) is 5.92 Å². The number of anilines is 2. The molecule has 0 spiro atoms. The van der Waals surface area contributed by atoms with Gasteiger partial charge in [0.25, 0.3) is 0 Å². The Kier molecular flexibility index (Phi) is 6.02. The third-order valence-electron chi connectivity index (χ3n) is 6.45. The highest BCUT2D eigenvalue weighted by atomic mass is 32.1. The molecular weight excluding hydrogens is 488 g/mol. The minimum atomic E-state index is -0.864. The monoisotopic (exact) mass is 516 g/mol. The molecule has 1 fully saturated rings. The molecule has 2 aromatic carbocycles. The van der Waals surface area contributed by atoms with E-state index in [-0.39, 0.29) is 6.10 Å². The van der Waals surface area contributed by atoms with Crippen LogP contribution in [0.5, 0.6) is 5.75 Å². The van der Waals surface area contributed by atoms with E-state index in [0.717, 1.165) is 37.9 Å². The number of ether oxygens (including phenoxy) is 2. The summed E-state index contributed by atoms with van der Waals surface area (Å²) in [6.45, 7) is 7.38. The summed E-state index contributed by atoms with van der Waals surface area (Å²) in [6.07, 6.45) is 5.25. The van der Waals surface area contributed by atoms with Crippen LogP contribution in [0, 0.1) is 5.92 Å². The first kappa shape index (κ1) is 23.8. The summed E-state index contributed by atoms with van der Waals surface area (Å²) in [5.41, 5.74) is 5.47. The molecular formula is C27H28N6O3S. The summed E-state index contributed by atoms with van der Waals surface area (Å²) in [6, 6.07) is 10.1. The van der Waals surface area contributed by atoms with Crippen molar-refractivity contribution < 1.29 is 14.6 Å². The molecule has 0 saturated carbocycles. The summed E-state index contributed by atoms with van der Waals surface area (Å²) >= 11 is 1.60. The van der Waals surface area contributed by atoms with Crippen LogP contribution < -0.4 is 10.1 Å². The van der Waals surface area contributed by atoms with Gasteiger partial charge >= 0.3 is 0 Å². The second kappa shape index (κ2) is 9.37. The van der Waals surface area contributed by atoms with E-state index >= 15 is 0 Å². The fraction of sp³-hybridized carbons (Fsp3) is 0.333. The molecule has 1 saturated heterocycles. The summed E-state index contributed by atoms with van der Waals surface area (Å²) in [5.74, 6) is 1.71. The molecule has 0 unspecified atom stereocenters. The quantitative estimate of drug-likeness (QED) is 0.296. The zero-order valence-electron chi connectivity index (χ0n) is 20.9. The predicted octanol–water partition coefficient (Wildman–Crippen LogP) is 5.03. The fourth-order valence-corrected chi connectivity index (χ4v) is 5.11. The van der Waals surface area contributed by atoms with Gasteiger partial charge in [0, 0.05) is 23.4 Å². The van der Waals surface area contributed by atoms with Crippen molar-refractivity contribution in [2.45, 2.75) is 39.0 Å². The second-order valence-electron chi connectivity index (χ2n) is 10.1. The van der Waals surface area contributed by atoms with Gasteiger partial charge in [0.15, 0.2) is 0 Å². The number of thiazole rings is 1. The lowest BCUT2D eigenvalue weighted by molar-refractivity contribution is -0.0773. The van der Waals surface area contributed by atoms with Gasteiger partial charge in [-0.3, -0.25) is 4.68 Å². The van der Waals surface area contributed by atoms with Crippen molar-refractivity contribution in [1.82, 2.24) is 24.7 Å². The van der Waals surface area contributed by atoms with Crippen LogP contribution in [-0.4, -0.2) is 54.8 Å². The molecule has 4 heterocycles. The largest absolute Gasteiger partial charge is 0.489 e. The molecule has 6 rings (SSSR count). The number of hydrogen-bond donors (Lipinski definition) is 2. The Morgan fingerprint density at radius 1 is 1.16 bits per heavy atom. The van der Waals surface area contributed by atoms with Crippen molar-refractivity contribution in [2.75, 3.05) is 18.5 Å². The van der Waals surface area contributed by atoms with Gasteiger partial charge in [-0.2, -0.15) is 5.10 Å². The average molecular weight is 517 g/mol. The second-order valence-corrected chi connectivity index (χ2v) is 11.0. The molecule has 190 valence electrons. The van der Waals surface area contributed by atoms with Gasteiger partial charge in [-0.25, -0.2) is 15.0 Å². The normalized spacial score (nSPS) is 15.1. The van der Waals surface area contributed by atoms with E-state index < -0.39 is 5.60 Å². The maximum atomic E-state index is 10.2. The molecule has 5 aromatic rings. The van der Waals surface area contributed by atoms with Crippen LogP contribution in [0.1, 0.15) is 20.8 Å². The maximum Gasteiger partial charge on any atom is 0.145 e. The SMILES string of the molecule is C[C@@H](Oc1cc(-c2cnn(CC(C)(C)O)c2)cc2ncnc(Nc3ccc4ncsc4c3)c12)C1COC1. The van der Waals surface area contributed by atoms with Crippen LogP contribution in [0.2, 0.25) is 0 Å². The van der Waals surface area contributed by atoms with Gasteiger partial charge in [0.1, 0.15) is 24.0 Å². The zero-order valence-corrected chi connectivity index (χ0v) is 21.7. The van der Waals surface area contributed by atoms with E-state index in [2.05, 4.69) is 38.4 Å². The fourth-order valence-electron chi connectivity index (χ4n) is 4.39. The van der Waals surface area contributed by atoms with Gasteiger partial charge in [-0.15, -0.1) is 11.3 Å². The Balaban J connectivity index is 1.42. The third-order valence-corrected chi connectivity index (χ3v) is 7.24.